The lowest BCUT2D eigenvalue weighted by Gasteiger charge is -2.07. The van der Waals surface area contributed by atoms with Gasteiger partial charge in [-0.25, -0.2) is 0 Å². The number of hydrogen-bond donors (Lipinski definition) is 0. The van der Waals surface area contributed by atoms with Crippen molar-refractivity contribution in [3.05, 3.63) is 11.8 Å². The third-order valence-corrected chi connectivity index (χ3v) is 3.22. The van der Waals surface area contributed by atoms with Crippen molar-refractivity contribution in [3.8, 4) is 0 Å². The molecule has 0 saturated heterocycles. The Labute approximate surface area is 124 Å². The lowest BCUT2D eigenvalue weighted by atomic mass is 10.1. The Hall–Kier alpha value is -0.830. The second kappa shape index (κ2) is 16.2. The van der Waals surface area contributed by atoms with Crippen LogP contribution in [0, 0.1) is 0 Å². The minimum atomic E-state index is 0.188. The fourth-order valence-electron chi connectivity index (χ4n) is 1.93. The summed E-state index contributed by atoms with van der Waals surface area (Å²) in [6.45, 7) is 5.29. The van der Waals surface area contributed by atoms with E-state index in [1.807, 2.05) is 6.08 Å². The van der Waals surface area contributed by atoms with Crippen LogP contribution in [0.2, 0.25) is 0 Å². The molecule has 0 aliphatic heterocycles. The minimum absolute atomic E-state index is 0.188. The van der Waals surface area contributed by atoms with Gasteiger partial charge in [0.1, 0.15) is 0 Å². The molecule has 0 bridgehead atoms. The van der Waals surface area contributed by atoms with Crippen molar-refractivity contribution >= 4 is 6.29 Å². The SMILES string of the molecule is CCCCCC=C(C=O)OCOCCCCCCCC. The van der Waals surface area contributed by atoms with Gasteiger partial charge in [0.25, 0.3) is 0 Å². The number of carbonyl (C=O) groups is 1. The highest BCUT2D eigenvalue weighted by Crippen LogP contribution is 2.06. The quantitative estimate of drug-likeness (QED) is 0.139. The van der Waals surface area contributed by atoms with Gasteiger partial charge in [-0.1, -0.05) is 58.8 Å². The molecular formula is C17H32O3. The van der Waals surface area contributed by atoms with Crippen molar-refractivity contribution < 1.29 is 14.3 Å². The predicted octanol–water partition coefficient (Wildman–Crippen LogP) is 5.00. The van der Waals surface area contributed by atoms with E-state index in [4.69, 9.17) is 9.47 Å². The zero-order valence-corrected chi connectivity index (χ0v) is 13.4. The summed E-state index contributed by atoms with van der Waals surface area (Å²) >= 11 is 0. The Morgan fingerprint density at radius 3 is 2.25 bits per heavy atom. The van der Waals surface area contributed by atoms with Gasteiger partial charge in [0.15, 0.2) is 18.8 Å². The standard InChI is InChI=1S/C17H32O3/c1-3-5-7-9-10-12-14-19-16-20-17(15-18)13-11-8-6-4-2/h13,15H,3-12,14,16H2,1-2H3. The van der Waals surface area contributed by atoms with Crippen LogP contribution in [0.25, 0.3) is 0 Å². The van der Waals surface area contributed by atoms with Gasteiger partial charge in [-0.15, -0.1) is 0 Å². The fourth-order valence-corrected chi connectivity index (χ4v) is 1.93. The molecule has 0 unspecified atom stereocenters. The summed E-state index contributed by atoms with van der Waals surface area (Å²) in [6, 6.07) is 0. The normalized spacial score (nSPS) is 11.6. The molecule has 118 valence electrons. The summed E-state index contributed by atoms with van der Waals surface area (Å²) in [5.74, 6) is 0.407. The number of hydrogen-bond acceptors (Lipinski definition) is 3. The van der Waals surface area contributed by atoms with Crippen molar-refractivity contribution in [2.45, 2.75) is 78.1 Å². The topological polar surface area (TPSA) is 35.5 Å². The average molecular weight is 284 g/mol. The maximum Gasteiger partial charge on any atom is 0.189 e. The minimum Gasteiger partial charge on any atom is -0.464 e. The number of carbonyl (C=O) groups excluding carboxylic acids is 1. The van der Waals surface area contributed by atoms with Gasteiger partial charge >= 0.3 is 0 Å². The molecule has 0 spiro atoms. The van der Waals surface area contributed by atoms with Gasteiger partial charge in [0, 0.05) is 0 Å². The van der Waals surface area contributed by atoms with Crippen LogP contribution in [0.15, 0.2) is 11.8 Å². The summed E-state index contributed by atoms with van der Waals surface area (Å²) in [5, 5.41) is 0. The number of unbranched alkanes of at least 4 members (excludes halogenated alkanes) is 8. The smallest absolute Gasteiger partial charge is 0.189 e. The van der Waals surface area contributed by atoms with E-state index in [2.05, 4.69) is 13.8 Å². The van der Waals surface area contributed by atoms with Crippen LogP contribution in [0.3, 0.4) is 0 Å². The molecule has 0 rings (SSSR count). The Morgan fingerprint density at radius 1 is 0.900 bits per heavy atom. The van der Waals surface area contributed by atoms with Crippen LogP contribution in [-0.4, -0.2) is 19.7 Å². The molecular weight excluding hydrogens is 252 g/mol. The molecule has 3 heteroatoms. The zero-order valence-electron chi connectivity index (χ0n) is 13.4. The molecule has 0 heterocycles. The Morgan fingerprint density at radius 2 is 1.55 bits per heavy atom. The van der Waals surface area contributed by atoms with Crippen molar-refractivity contribution in [2.24, 2.45) is 0 Å². The van der Waals surface area contributed by atoms with Crippen molar-refractivity contribution in [3.63, 3.8) is 0 Å². The summed E-state index contributed by atoms with van der Waals surface area (Å²) in [5.41, 5.74) is 0. The summed E-state index contributed by atoms with van der Waals surface area (Å²) in [6.07, 6.45) is 14.5. The summed E-state index contributed by atoms with van der Waals surface area (Å²) < 4.78 is 10.7. The molecule has 0 aromatic carbocycles. The van der Waals surface area contributed by atoms with E-state index in [9.17, 15) is 4.79 Å². The van der Waals surface area contributed by atoms with Gasteiger partial charge in [-0.2, -0.15) is 0 Å². The van der Waals surface area contributed by atoms with Crippen molar-refractivity contribution in [1.29, 1.82) is 0 Å². The molecule has 0 fully saturated rings. The Balaban J connectivity index is 3.39. The van der Waals surface area contributed by atoms with E-state index in [0.717, 1.165) is 25.5 Å². The van der Waals surface area contributed by atoms with Crippen LogP contribution < -0.4 is 0 Å². The van der Waals surface area contributed by atoms with Gasteiger partial charge in [-0.05, 0) is 25.3 Å². The molecule has 0 atom stereocenters. The fraction of sp³-hybridized carbons (Fsp3) is 0.824. The third-order valence-electron chi connectivity index (χ3n) is 3.22. The molecule has 3 nitrogen and oxygen atoms in total. The average Bonchev–Trinajstić information content (AvgIpc) is 2.47. The number of ether oxygens (including phenoxy) is 2. The second-order valence-electron chi connectivity index (χ2n) is 5.16. The van der Waals surface area contributed by atoms with E-state index >= 15 is 0 Å². The van der Waals surface area contributed by atoms with Crippen LogP contribution in [-0.2, 0) is 14.3 Å². The summed E-state index contributed by atoms with van der Waals surface area (Å²) in [4.78, 5) is 10.8. The molecule has 0 N–H and O–H groups in total. The number of rotatable bonds is 15. The van der Waals surface area contributed by atoms with Crippen molar-refractivity contribution in [2.75, 3.05) is 13.4 Å². The number of allylic oxidation sites excluding steroid dienone is 2. The van der Waals surface area contributed by atoms with E-state index in [-0.39, 0.29) is 6.79 Å². The van der Waals surface area contributed by atoms with Crippen LogP contribution in [0.5, 0.6) is 0 Å². The van der Waals surface area contributed by atoms with E-state index in [1.165, 1.54) is 44.9 Å². The third kappa shape index (κ3) is 13.6. The predicted molar refractivity (Wildman–Crippen MR) is 83.6 cm³/mol. The summed E-state index contributed by atoms with van der Waals surface area (Å²) in [7, 11) is 0. The second-order valence-corrected chi connectivity index (χ2v) is 5.16. The molecule has 0 aromatic rings. The largest absolute Gasteiger partial charge is 0.464 e. The van der Waals surface area contributed by atoms with Crippen LogP contribution in [0.4, 0.5) is 0 Å². The Bertz CT molecular complexity index is 236. The first-order chi connectivity index (χ1) is 9.85. The molecule has 0 saturated carbocycles. The lowest BCUT2D eigenvalue weighted by Crippen LogP contribution is -2.02. The van der Waals surface area contributed by atoms with Gasteiger partial charge in [-0.3, -0.25) is 4.79 Å². The van der Waals surface area contributed by atoms with Crippen molar-refractivity contribution in [1.82, 2.24) is 0 Å². The Kier molecular flexibility index (Phi) is 15.6. The highest BCUT2D eigenvalue weighted by atomic mass is 16.7. The lowest BCUT2D eigenvalue weighted by molar-refractivity contribution is -0.111. The highest BCUT2D eigenvalue weighted by Gasteiger charge is 1.96. The first kappa shape index (κ1) is 19.2. The molecule has 0 aliphatic carbocycles. The van der Waals surface area contributed by atoms with E-state index in [1.54, 1.807) is 0 Å². The molecule has 20 heavy (non-hydrogen) atoms. The highest BCUT2D eigenvalue weighted by molar-refractivity contribution is 5.69. The van der Waals surface area contributed by atoms with E-state index < -0.39 is 0 Å². The van der Waals surface area contributed by atoms with Gasteiger partial charge in [0.05, 0.1) is 6.61 Å². The van der Waals surface area contributed by atoms with E-state index in [0.29, 0.717) is 12.4 Å². The maximum atomic E-state index is 10.8. The first-order valence-electron chi connectivity index (χ1n) is 8.21. The monoisotopic (exact) mass is 284 g/mol. The van der Waals surface area contributed by atoms with Crippen LogP contribution >= 0.6 is 0 Å². The molecule has 0 radical (unpaired) electrons. The van der Waals surface area contributed by atoms with Gasteiger partial charge in [0.2, 0.25) is 0 Å². The first-order valence-corrected chi connectivity index (χ1v) is 8.21. The zero-order chi connectivity index (χ0) is 14.9. The van der Waals surface area contributed by atoms with Gasteiger partial charge < -0.3 is 9.47 Å². The molecule has 0 aromatic heterocycles. The van der Waals surface area contributed by atoms with Crippen LogP contribution in [0.1, 0.15) is 78.1 Å². The molecule has 0 amide bonds. The molecule has 0 aliphatic rings. The maximum absolute atomic E-state index is 10.8. The number of aldehydes is 1.